The Hall–Kier alpha value is -1.95. The SMILES string of the molecule is CC1CCC(O)C(C(=O)c2cc(C(=O)NC3CCCCC3C)c(=O)n(C3CCCCC3C)c2)C1. The summed E-state index contributed by atoms with van der Waals surface area (Å²) in [6, 6.07) is 1.55. The second-order valence-electron chi connectivity index (χ2n) is 11.5. The number of nitrogens with zero attached hydrogens (tertiary/aromatic N) is 1. The second kappa shape index (κ2) is 10.8. The van der Waals surface area contributed by atoms with Crippen LogP contribution < -0.4 is 10.9 Å². The monoisotopic (exact) mass is 470 g/mol. The van der Waals surface area contributed by atoms with E-state index >= 15 is 0 Å². The molecule has 6 nitrogen and oxygen atoms in total. The number of nitrogens with one attached hydrogen (secondary N) is 1. The van der Waals surface area contributed by atoms with E-state index in [0.717, 1.165) is 51.4 Å². The number of amides is 1. The summed E-state index contributed by atoms with van der Waals surface area (Å²) < 4.78 is 1.68. The van der Waals surface area contributed by atoms with Crippen LogP contribution in [0.5, 0.6) is 0 Å². The first kappa shape index (κ1) is 25.2. The summed E-state index contributed by atoms with van der Waals surface area (Å²) in [6.45, 7) is 6.42. The molecule has 6 heteroatoms. The molecule has 3 aliphatic rings. The van der Waals surface area contributed by atoms with Crippen LogP contribution in [0.4, 0.5) is 0 Å². The Morgan fingerprint density at radius 3 is 2.32 bits per heavy atom. The Balaban J connectivity index is 1.71. The molecule has 2 N–H and O–H groups in total. The zero-order chi connectivity index (χ0) is 24.4. The number of pyridine rings is 1. The molecule has 1 aromatic rings. The van der Waals surface area contributed by atoms with Crippen LogP contribution in [0.25, 0.3) is 0 Å². The van der Waals surface area contributed by atoms with E-state index in [4.69, 9.17) is 0 Å². The predicted molar refractivity (Wildman–Crippen MR) is 133 cm³/mol. The van der Waals surface area contributed by atoms with Gasteiger partial charge >= 0.3 is 0 Å². The maximum absolute atomic E-state index is 13.6. The van der Waals surface area contributed by atoms with Gasteiger partial charge in [0.25, 0.3) is 11.5 Å². The van der Waals surface area contributed by atoms with Crippen molar-refractivity contribution in [2.75, 3.05) is 0 Å². The average molecular weight is 471 g/mol. The zero-order valence-electron chi connectivity index (χ0n) is 21.1. The van der Waals surface area contributed by atoms with Crippen LogP contribution in [0.3, 0.4) is 0 Å². The van der Waals surface area contributed by atoms with Gasteiger partial charge in [0.15, 0.2) is 5.78 Å². The number of ketones is 1. The molecule has 0 aliphatic heterocycles. The highest BCUT2D eigenvalue weighted by molar-refractivity contribution is 6.01. The number of aromatic nitrogens is 1. The van der Waals surface area contributed by atoms with Crippen molar-refractivity contribution < 1.29 is 14.7 Å². The lowest BCUT2D eigenvalue weighted by Gasteiger charge is -2.33. The highest BCUT2D eigenvalue weighted by Gasteiger charge is 2.35. The van der Waals surface area contributed by atoms with Crippen molar-refractivity contribution in [3.8, 4) is 0 Å². The third kappa shape index (κ3) is 5.32. The van der Waals surface area contributed by atoms with Crippen LogP contribution in [0, 0.1) is 23.7 Å². The van der Waals surface area contributed by atoms with Crippen molar-refractivity contribution in [3.05, 3.63) is 33.7 Å². The number of carbonyl (C=O) groups excluding carboxylic acids is 2. The molecular weight excluding hydrogens is 428 g/mol. The van der Waals surface area contributed by atoms with Crippen molar-refractivity contribution in [3.63, 3.8) is 0 Å². The van der Waals surface area contributed by atoms with Crippen molar-refractivity contribution in [1.82, 2.24) is 9.88 Å². The smallest absolute Gasteiger partial charge is 0.263 e. The molecule has 1 heterocycles. The third-order valence-corrected chi connectivity index (χ3v) is 8.84. The zero-order valence-corrected chi connectivity index (χ0v) is 21.1. The van der Waals surface area contributed by atoms with Gasteiger partial charge in [-0.3, -0.25) is 14.4 Å². The second-order valence-corrected chi connectivity index (χ2v) is 11.5. The van der Waals surface area contributed by atoms with Gasteiger partial charge in [-0.25, -0.2) is 0 Å². The maximum atomic E-state index is 13.6. The lowest BCUT2D eigenvalue weighted by atomic mass is 9.77. The first-order valence-corrected chi connectivity index (χ1v) is 13.6. The Kier molecular flexibility index (Phi) is 7.96. The van der Waals surface area contributed by atoms with Gasteiger partial charge < -0.3 is 15.0 Å². The Morgan fingerprint density at radius 1 is 0.941 bits per heavy atom. The molecule has 0 bridgehead atoms. The summed E-state index contributed by atoms with van der Waals surface area (Å²) in [7, 11) is 0. The lowest BCUT2D eigenvalue weighted by Crippen LogP contribution is -2.44. The van der Waals surface area contributed by atoms with Crippen LogP contribution in [0.15, 0.2) is 17.1 Å². The molecule has 3 fully saturated rings. The quantitative estimate of drug-likeness (QED) is 0.600. The topological polar surface area (TPSA) is 88.4 Å². The Bertz CT molecular complexity index is 954. The summed E-state index contributed by atoms with van der Waals surface area (Å²) in [5.74, 6) is 0.0720. The Morgan fingerprint density at radius 2 is 1.62 bits per heavy atom. The van der Waals surface area contributed by atoms with Crippen molar-refractivity contribution >= 4 is 11.7 Å². The largest absolute Gasteiger partial charge is 0.392 e. The number of carbonyl (C=O) groups is 2. The summed E-state index contributed by atoms with van der Waals surface area (Å²) >= 11 is 0. The van der Waals surface area contributed by atoms with Gasteiger partial charge in [-0.15, -0.1) is 0 Å². The molecule has 7 atom stereocenters. The molecule has 0 saturated heterocycles. The van der Waals surface area contributed by atoms with Crippen LogP contribution in [-0.4, -0.2) is 33.5 Å². The predicted octanol–water partition coefficient (Wildman–Crippen LogP) is 4.89. The summed E-state index contributed by atoms with van der Waals surface area (Å²) in [5, 5.41) is 13.7. The van der Waals surface area contributed by atoms with E-state index in [-0.39, 0.29) is 34.9 Å². The third-order valence-electron chi connectivity index (χ3n) is 8.84. The van der Waals surface area contributed by atoms with Crippen molar-refractivity contribution in [2.24, 2.45) is 23.7 Å². The van der Waals surface area contributed by atoms with Crippen LogP contribution in [0.1, 0.15) is 118 Å². The molecule has 1 amide bonds. The number of hydrogen-bond acceptors (Lipinski definition) is 4. The van der Waals surface area contributed by atoms with Gasteiger partial charge in [-0.05, 0) is 68.8 Å². The molecule has 0 spiro atoms. The molecule has 0 radical (unpaired) electrons. The fraction of sp³-hybridized carbons (Fsp3) is 0.750. The molecule has 3 saturated carbocycles. The highest BCUT2D eigenvalue weighted by atomic mass is 16.3. The van der Waals surface area contributed by atoms with E-state index in [0.29, 0.717) is 36.2 Å². The average Bonchev–Trinajstić information content (AvgIpc) is 2.82. The van der Waals surface area contributed by atoms with Crippen molar-refractivity contribution in [1.29, 1.82) is 0 Å². The van der Waals surface area contributed by atoms with Crippen LogP contribution >= 0.6 is 0 Å². The molecular formula is C28H42N2O4. The molecule has 0 aromatic carbocycles. The first-order chi connectivity index (χ1) is 16.3. The van der Waals surface area contributed by atoms with E-state index in [9.17, 15) is 19.5 Å². The number of hydrogen-bond donors (Lipinski definition) is 2. The molecule has 3 aliphatic carbocycles. The highest BCUT2D eigenvalue weighted by Crippen LogP contribution is 2.34. The van der Waals surface area contributed by atoms with Crippen molar-refractivity contribution in [2.45, 2.75) is 110 Å². The van der Waals surface area contributed by atoms with E-state index in [1.807, 2.05) is 0 Å². The number of aliphatic hydroxyl groups is 1. The minimum atomic E-state index is -0.668. The van der Waals surface area contributed by atoms with E-state index in [2.05, 4.69) is 26.1 Å². The first-order valence-electron chi connectivity index (χ1n) is 13.6. The van der Waals surface area contributed by atoms with E-state index < -0.39 is 12.0 Å². The molecule has 1 aromatic heterocycles. The number of Topliss-reactive ketones (excluding diaryl/α,β-unsaturated/α-hetero) is 1. The number of rotatable bonds is 5. The van der Waals surface area contributed by atoms with Gasteiger partial charge in [0, 0.05) is 29.8 Å². The van der Waals surface area contributed by atoms with Crippen LogP contribution in [0.2, 0.25) is 0 Å². The minimum Gasteiger partial charge on any atom is -0.392 e. The van der Waals surface area contributed by atoms with Crippen LogP contribution in [-0.2, 0) is 0 Å². The fourth-order valence-electron chi connectivity index (χ4n) is 6.49. The standard InChI is InChI=1S/C28H42N2O4/c1-17-12-13-25(31)21(14-17)26(32)20-15-22(27(33)29-23-10-6-4-8-18(23)2)28(34)30(16-20)24-11-7-5-9-19(24)3/h15-19,21,23-25,31H,4-14H2,1-3H3,(H,29,33). The molecule has 4 rings (SSSR count). The lowest BCUT2D eigenvalue weighted by molar-refractivity contribution is 0.0424. The minimum absolute atomic E-state index is 0.00985. The van der Waals surface area contributed by atoms with Gasteiger partial charge in [-0.1, -0.05) is 46.5 Å². The summed E-state index contributed by atoms with van der Waals surface area (Å²) in [4.78, 5) is 40.6. The molecule has 188 valence electrons. The maximum Gasteiger partial charge on any atom is 0.263 e. The summed E-state index contributed by atoms with van der Waals surface area (Å²) in [6.07, 6.45) is 11.5. The van der Waals surface area contributed by atoms with E-state index in [1.165, 1.54) is 12.5 Å². The normalized spacial score (nSPS) is 34.4. The van der Waals surface area contributed by atoms with Gasteiger partial charge in [-0.2, -0.15) is 0 Å². The fourth-order valence-corrected chi connectivity index (χ4v) is 6.49. The van der Waals surface area contributed by atoms with E-state index in [1.54, 1.807) is 10.8 Å². The Labute approximate surface area is 203 Å². The molecule has 34 heavy (non-hydrogen) atoms. The molecule has 7 unspecified atom stereocenters. The van der Waals surface area contributed by atoms with Gasteiger partial charge in [0.05, 0.1) is 6.10 Å². The van der Waals surface area contributed by atoms with Gasteiger partial charge in [0.1, 0.15) is 5.56 Å². The summed E-state index contributed by atoms with van der Waals surface area (Å²) in [5.41, 5.74) is 0.158. The number of aliphatic hydroxyl groups excluding tert-OH is 1. The van der Waals surface area contributed by atoms with Gasteiger partial charge in [0.2, 0.25) is 0 Å².